The van der Waals surface area contributed by atoms with E-state index < -0.39 is 0 Å². The molecule has 1 aliphatic rings. The van der Waals surface area contributed by atoms with Gasteiger partial charge in [0.25, 0.3) is 0 Å². The van der Waals surface area contributed by atoms with Crippen LogP contribution in [0.5, 0.6) is 0 Å². The van der Waals surface area contributed by atoms with Crippen molar-refractivity contribution in [3.05, 3.63) is 132 Å². The van der Waals surface area contributed by atoms with E-state index in [1.54, 1.807) is 18.2 Å². The molecule has 232 valence electrons. The first-order valence-corrected chi connectivity index (χ1v) is 15.7. The van der Waals surface area contributed by atoms with Crippen molar-refractivity contribution in [2.24, 2.45) is 5.92 Å². The zero-order chi connectivity index (χ0) is 32.1. The van der Waals surface area contributed by atoms with Crippen LogP contribution in [0.4, 0.5) is 10.1 Å². The van der Waals surface area contributed by atoms with Crippen molar-refractivity contribution in [2.75, 3.05) is 18.9 Å². The summed E-state index contributed by atoms with van der Waals surface area (Å²) in [7, 11) is 1.91. The van der Waals surface area contributed by atoms with Gasteiger partial charge in [-0.1, -0.05) is 76.8 Å². The molecular formula is C39H49FN4. The Kier molecular flexibility index (Phi) is 13.4. The van der Waals surface area contributed by atoms with Crippen LogP contribution in [-0.4, -0.2) is 18.6 Å². The molecule has 5 heteroatoms. The van der Waals surface area contributed by atoms with Crippen LogP contribution in [0.2, 0.25) is 0 Å². The van der Waals surface area contributed by atoms with Crippen LogP contribution in [0.1, 0.15) is 70.1 Å². The molecule has 0 bridgehead atoms. The molecule has 0 amide bonds. The van der Waals surface area contributed by atoms with E-state index in [1.807, 2.05) is 53.2 Å². The Bertz CT molecular complexity index is 1490. The van der Waals surface area contributed by atoms with Gasteiger partial charge in [0.05, 0.1) is 0 Å². The molecule has 4 nitrogen and oxygen atoms in total. The number of nitrogens with zero attached hydrogens (tertiary/aromatic N) is 1. The summed E-state index contributed by atoms with van der Waals surface area (Å²) in [6.45, 7) is 22.5. The predicted octanol–water partition coefficient (Wildman–Crippen LogP) is 9.92. The zero-order valence-corrected chi connectivity index (χ0v) is 27.2. The van der Waals surface area contributed by atoms with E-state index in [0.717, 1.165) is 69.4 Å². The minimum absolute atomic E-state index is 0.265. The van der Waals surface area contributed by atoms with Crippen molar-refractivity contribution in [2.45, 2.75) is 59.9 Å². The quantitative estimate of drug-likeness (QED) is 0.173. The van der Waals surface area contributed by atoms with Crippen LogP contribution in [0.25, 0.3) is 22.3 Å². The summed E-state index contributed by atoms with van der Waals surface area (Å²) in [4.78, 5) is 4.54. The summed E-state index contributed by atoms with van der Waals surface area (Å²) in [6, 6.07) is 15.0. The number of hydrogen-bond donors (Lipinski definition) is 3. The Labute approximate surface area is 264 Å². The van der Waals surface area contributed by atoms with Crippen molar-refractivity contribution in [3.8, 4) is 11.1 Å². The largest absolute Gasteiger partial charge is 0.388 e. The molecule has 3 N–H and O–H groups in total. The van der Waals surface area contributed by atoms with E-state index in [1.165, 1.54) is 43.4 Å². The lowest BCUT2D eigenvalue weighted by molar-refractivity contribution is 0.489. The lowest BCUT2D eigenvalue weighted by atomic mass is 9.95. The van der Waals surface area contributed by atoms with Crippen LogP contribution in [0, 0.1) is 11.7 Å². The Morgan fingerprint density at radius 1 is 0.977 bits per heavy atom. The van der Waals surface area contributed by atoms with E-state index in [4.69, 9.17) is 0 Å². The third-order valence-electron chi connectivity index (χ3n) is 8.09. The highest BCUT2D eigenvalue weighted by Gasteiger charge is 2.15. The van der Waals surface area contributed by atoms with Crippen LogP contribution in [0.15, 0.2) is 110 Å². The van der Waals surface area contributed by atoms with Gasteiger partial charge in [0, 0.05) is 54.2 Å². The smallest absolute Gasteiger partial charge is 0.123 e. The number of pyridine rings is 1. The highest BCUT2D eigenvalue weighted by molar-refractivity contribution is 5.87. The maximum Gasteiger partial charge on any atom is 0.123 e. The van der Waals surface area contributed by atoms with Crippen molar-refractivity contribution >= 4 is 16.8 Å². The molecule has 0 unspecified atom stereocenters. The Balaban J connectivity index is 0.00000259. The zero-order valence-electron chi connectivity index (χ0n) is 27.2. The topological polar surface area (TPSA) is 49.0 Å². The lowest BCUT2D eigenvalue weighted by Crippen LogP contribution is -2.20. The summed E-state index contributed by atoms with van der Waals surface area (Å²) >= 11 is 0. The van der Waals surface area contributed by atoms with E-state index in [9.17, 15) is 4.39 Å². The molecule has 0 radical (unpaired) electrons. The monoisotopic (exact) mass is 592 g/mol. The van der Waals surface area contributed by atoms with Crippen molar-refractivity contribution in [1.82, 2.24) is 15.6 Å². The molecule has 1 heterocycles. The maximum atomic E-state index is 13.5. The summed E-state index contributed by atoms with van der Waals surface area (Å²) in [5, 5.41) is 10.4. The highest BCUT2D eigenvalue weighted by atomic mass is 19.1. The van der Waals surface area contributed by atoms with Crippen molar-refractivity contribution in [3.63, 3.8) is 0 Å². The molecule has 2 aromatic carbocycles. The molecule has 4 rings (SSSR count). The van der Waals surface area contributed by atoms with Gasteiger partial charge in [-0.2, -0.15) is 0 Å². The number of hydrogen-bond acceptors (Lipinski definition) is 4. The van der Waals surface area contributed by atoms with Crippen LogP contribution >= 0.6 is 0 Å². The predicted molar refractivity (Wildman–Crippen MR) is 188 cm³/mol. The Hall–Kier alpha value is -4.22. The molecule has 44 heavy (non-hydrogen) atoms. The van der Waals surface area contributed by atoms with Gasteiger partial charge in [-0.25, -0.2) is 4.39 Å². The normalized spacial score (nSPS) is 13.8. The second kappa shape index (κ2) is 17.2. The van der Waals surface area contributed by atoms with Gasteiger partial charge in [0.1, 0.15) is 5.82 Å². The number of nitrogens with one attached hydrogen (secondary N) is 3. The second-order valence-corrected chi connectivity index (χ2v) is 11.0. The Morgan fingerprint density at radius 3 is 2.34 bits per heavy atom. The fraction of sp³-hybridized carbons (Fsp3) is 0.308. The van der Waals surface area contributed by atoms with Gasteiger partial charge in [-0.15, -0.1) is 0 Å². The molecule has 1 saturated carbocycles. The average molecular weight is 593 g/mol. The Morgan fingerprint density at radius 2 is 1.68 bits per heavy atom. The summed E-state index contributed by atoms with van der Waals surface area (Å²) in [5.41, 5.74) is 10.5. The summed E-state index contributed by atoms with van der Waals surface area (Å²) in [6.07, 6.45) is 12.9. The fourth-order valence-corrected chi connectivity index (χ4v) is 5.51. The van der Waals surface area contributed by atoms with Gasteiger partial charge in [0.15, 0.2) is 0 Å². The van der Waals surface area contributed by atoms with Crippen molar-refractivity contribution < 1.29 is 4.39 Å². The third-order valence-corrected chi connectivity index (χ3v) is 8.09. The van der Waals surface area contributed by atoms with Gasteiger partial charge in [-0.05, 0) is 103 Å². The van der Waals surface area contributed by atoms with Crippen LogP contribution < -0.4 is 16.0 Å². The summed E-state index contributed by atoms with van der Waals surface area (Å²) < 4.78 is 13.5. The number of anilines is 1. The molecule has 0 spiro atoms. The van der Waals surface area contributed by atoms with E-state index in [2.05, 4.69) is 64.9 Å². The number of benzene rings is 2. The standard InChI is InChI=1S/C37H43FN4.C2H6/c1-7-10-35(31-13-16-34(38)17-14-31)25(2)27(4)42-28(5)26(3)36-20-32(15-18-37(36)39-6)33-19-30(23-41-24-33)22-40-21-29-11-8-9-12-29;1-2/h7,10,13-20,23-24,29,39-40,42H,1,3,5,8-9,11-12,21-22H2,2,4,6H3;1-2H3/b27-25+,35-10+;. The minimum Gasteiger partial charge on any atom is -0.388 e. The van der Waals surface area contributed by atoms with Crippen molar-refractivity contribution in [1.29, 1.82) is 0 Å². The number of rotatable bonds is 13. The molecule has 1 fully saturated rings. The van der Waals surface area contributed by atoms with Gasteiger partial charge in [0.2, 0.25) is 0 Å². The van der Waals surface area contributed by atoms with E-state index in [0.29, 0.717) is 5.70 Å². The highest BCUT2D eigenvalue weighted by Crippen LogP contribution is 2.33. The number of aromatic nitrogens is 1. The third kappa shape index (κ3) is 9.14. The van der Waals surface area contributed by atoms with Gasteiger partial charge >= 0.3 is 0 Å². The molecule has 0 atom stereocenters. The van der Waals surface area contributed by atoms with E-state index in [-0.39, 0.29) is 5.82 Å². The van der Waals surface area contributed by atoms with E-state index >= 15 is 0 Å². The van der Waals surface area contributed by atoms with Crippen LogP contribution in [-0.2, 0) is 6.54 Å². The summed E-state index contributed by atoms with van der Waals surface area (Å²) in [5.74, 6) is 0.541. The maximum absolute atomic E-state index is 13.5. The molecule has 3 aromatic rings. The first-order chi connectivity index (χ1) is 21.3. The number of allylic oxidation sites excluding steroid dienone is 6. The molecule has 1 aromatic heterocycles. The molecule has 0 saturated heterocycles. The lowest BCUT2D eigenvalue weighted by Gasteiger charge is -2.19. The SMILES string of the molecule is C=C/C=C(\C(C)=C(/C)NC(=C)C(=C)c1cc(-c2cncc(CNCC3CCCC3)c2)ccc1NC)c1ccc(F)cc1.CC. The van der Waals surface area contributed by atoms with Crippen LogP contribution in [0.3, 0.4) is 0 Å². The first-order valence-electron chi connectivity index (χ1n) is 15.7. The van der Waals surface area contributed by atoms with Gasteiger partial charge < -0.3 is 16.0 Å². The number of halogens is 1. The second-order valence-electron chi connectivity index (χ2n) is 11.0. The molecule has 1 aliphatic carbocycles. The molecule has 0 aliphatic heterocycles. The minimum atomic E-state index is -0.265. The fourth-order valence-electron chi connectivity index (χ4n) is 5.51. The molecular weight excluding hydrogens is 543 g/mol. The average Bonchev–Trinajstić information content (AvgIpc) is 3.58. The first kappa shape index (κ1) is 34.3. The van der Waals surface area contributed by atoms with Gasteiger partial charge in [-0.3, -0.25) is 4.98 Å².